The summed E-state index contributed by atoms with van der Waals surface area (Å²) < 4.78 is 2.00. The van der Waals surface area contributed by atoms with Crippen molar-refractivity contribution in [2.75, 3.05) is 18.6 Å². The number of amides is 2. The van der Waals surface area contributed by atoms with Gasteiger partial charge in [-0.05, 0) is 13.2 Å². The molecule has 0 aliphatic heterocycles. The van der Waals surface area contributed by atoms with Crippen LogP contribution in [0, 0.1) is 0 Å². The minimum Gasteiger partial charge on any atom is -0.337 e. The Hall–Kier alpha value is -1.17. The van der Waals surface area contributed by atoms with Crippen molar-refractivity contribution < 1.29 is 4.79 Å². The Balaban J connectivity index is 2.26. The minimum absolute atomic E-state index is 0.139. The zero-order chi connectivity index (χ0) is 11.8. The number of nitrogens with one attached hydrogen (secondary N) is 2. The summed E-state index contributed by atoms with van der Waals surface area (Å²) in [5, 5.41) is 5.55. The number of rotatable bonds is 6. The maximum atomic E-state index is 11.3. The first-order valence-electron chi connectivity index (χ1n) is 5.28. The first-order chi connectivity index (χ1) is 7.77. The van der Waals surface area contributed by atoms with Crippen LogP contribution in [0.5, 0.6) is 0 Å². The van der Waals surface area contributed by atoms with Gasteiger partial charge in [0, 0.05) is 31.2 Å². The van der Waals surface area contributed by atoms with Crippen LogP contribution in [0.3, 0.4) is 0 Å². The summed E-state index contributed by atoms with van der Waals surface area (Å²) in [6.07, 6.45) is 5.66. The maximum Gasteiger partial charge on any atom is 0.315 e. The van der Waals surface area contributed by atoms with Crippen LogP contribution in [0.4, 0.5) is 4.79 Å². The van der Waals surface area contributed by atoms with Crippen LogP contribution >= 0.6 is 11.8 Å². The van der Waals surface area contributed by atoms with Crippen molar-refractivity contribution in [1.82, 2.24) is 20.2 Å². The number of hydrogen-bond acceptors (Lipinski definition) is 3. The van der Waals surface area contributed by atoms with Crippen LogP contribution in [-0.4, -0.2) is 34.1 Å². The predicted octanol–water partition coefficient (Wildman–Crippen LogP) is 1.07. The third-order valence-corrected chi connectivity index (χ3v) is 2.75. The van der Waals surface area contributed by atoms with Gasteiger partial charge in [0.2, 0.25) is 0 Å². The smallest absolute Gasteiger partial charge is 0.315 e. The second-order valence-electron chi connectivity index (χ2n) is 3.23. The molecule has 0 saturated carbocycles. The quantitative estimate of drug-likeness (QED) is 0.734. The highest BCUT2D eigenvalue weighted by Gasteiger charge is 2.03. The van der Waals surface area contributed by atoms with Crippen LogP contribution in [-0.2, 0) is 13.1 Å². The van der Waals surface area contributed by atoms with Gasteiger partial charge in [-0.25, -0.2) is 9.78 Å². The molecule has 0 aliphatic carbocycles. The van der Waals surface area contributed by atoms with E-state index in [0.29, 0.717) is 13.1 Å². The molecule has 1 heterocycles. The van der Waals surface area contributed by atoms with E-state index in [4.69, 9.17) is 0 Å². The largest absolute Gasteiger partial charge is 0.337 e. The Morgan fingerprint density at radius 3 is 3.06 bits per heavy atom. The van der Waals surface area contributed by atoms with E-state index >= 15 is 0 Å². The highest BCUT2D eigenvalue weighted by molar-refractivity contribution is 7.98. The van der Waals surface area contributed by atoms with Crippen LogP contribution in [0.25, 0.3) is 0 Å². The first-order valence-corrected chi connectivity index (χ1v) is 6.68. The molecule has 1 aromatic heterocycles. The molecule has 0 radical (unpaired) electrons. The van der Waals surface area contributed by atoms with Gasteiger partial charge in [0.15, 0.2) is 0 Å². The Bertz CT molecular complexity index is 326. The number of imidazole rings is 1. The van der Waals surface area contributed by atoms with Crippen molar-refractivity contribution in [2.45, 2.75) is 20.0 Å². The number of nitrogens with zero attached hydrogens (tertiary/aromatic N) is 2. The number of aromatic nitrogens is 2. The van der Waals surface area contributed by atoms with E-state index in [1.807, 2.05) is 23.9 Å². The van der Waals surface area contributed by atoms with E-state index in [2.05, 4.69) is 15.6 Å². The molecule has 16 heavy (non-hydrogen) atoms. The highest BCUT2D eigenvalue weighted by Crippen LogP contribution is 1.96. The number of hydrogen-bond donors (Lipinski definition) is 2. The molecule has 0 saturated heterocycles. The fraction of sp³-hybridized carbons (Fsp3) is 0.600. The van der Waals surface area contributed by atoms with Crippen molar-refractivity contribution in [3.05, 3.63) is 18.2 Å². The van der Waals surface area contributed by atoms with Crippen molar-refractivity contribution in [3.63, 3.8) is 0 Å². The van der Waals surface area contributed by atoms with Crippen molar-refractivity contribution in [3.8, 4) is 0 Å². The Labute approximate surface area is 100 Å². The molecule has 0 bridgehead atoms. The standard InChI is InChI=1S/C10H18N4OS/c1-3-14-6-4-11-9(14)8-13-10(15)12-5-7-16-2/h4,6H,3,5,7-8H2,1-2H3,(H2,12,13,15). The summed E-state index contributed by atoms with van der Waals surface area (Å²) in [6, 6.07) is -0.139. The van der Waals surface area contributed by atoms with Gasteiger partial charge in [-0.2, -0.15) is 11.8 Å². The van der Waals surface area contributed by atoms with E-state index in [-0.39, 0.29) is 6.03 Å². The average molecular weight is 242 g/mol. The van der Waals surface area contributed by atoms with E-state index in [0.717, 1.165) is 18.1 Å². The van der Waals surface area contributed by atoms with E-state index in [1.165, 1.54) is 0 Å². The SMILES string of the molecule is CCn1ccnc1CNC(=O)NCCSC. The highest BCUT2D eigenvalue weighted by atomic mass is 32.2. The van der Waals surface area contributed by atoms with Crippen LogP contribution < -0.4 is 10.6 Å². The lowest BCUT2D eigenvalue weighted by Gasteiger charge is -2.07. The summed E-state index contributed by atoms with van der Waals surface area (Å²) in [5.41, 5.74) is 0. The summed E-state index contributed by atoms with van der Waals surface area (Å²) in [4.78, 5) is 15.5. The molecule has 0 atom stereocenters. The summed E-state index contributed by atoms with van der Waals surface area (Å²) in [7, 11) is 0. The second kappa shape index (κ2) is 7.16. The molecular weight excluding hydrogens is 224 g/mol. The topological polar surface area (TPSA) is 59.0 Å². The van der Waals surface area contributed by atoms with Gasteiger partial charge in [0.05, 0.1) is 6.54 Å². The van der Waals surface area contributed by atoms with Gasteiger partial charge in [-0.3, -0.25) is 0 Å². The number of carbonyl (C=O) groups excluding carboxylic acids is 1. The van der Waals surface area contributed by atoms with Gasteiger partial charge < -0.3 is 15.2 Å². The molecule has 0 unspecified atom stereocenters. The van der Waals surface area contributed by atoms with Crippen LogP contribution in [0.1, 0.15) is 12.7 Å². The lowest BCUT2D eigenvalue weighted by Crippen LogP contribution is -2.36. The molecule has 0 fully saturated rings. The normalized spacial score (nSPS) is 10.1. The monoisotopic (exact) mass is 242 g/mol. The third kappa shape index (κ3) is 4.14. The maximum absolute atomic E-state index is 11.3. The Morgan fingerprint density at radius 1 is 1.56 bits per heavy atom. The molecule has 5 nitrogen and oxygen atoms in total. The van der Waals surface area contributed by atoms with E-state index in [9.17, 15) is 4.79 Å². The average Bonchev–Trinajstić information content (AvgIpc) is 2.74. The second-order valence-corrected chi connectivity index (χ2v) is 4.22. The molecule has 2 amide bonds. The van der Waals surface area contributed by atoms with Crippen molar-refractivity contribution in [1.29, 1.82) is 0 Å². The zero-order valence-corrected chi connectivity index (χ0v) is 10.5. The van der Waals surface area contributed by atoms with Gasteiger partial charge in [0.25, 0.3) is 0 Å². The molecule has 90 valence electrons. The van der Waals surface area contributed by atoms with Crippen molar-refractivity contribution in [2.24, 2.45) is 0 Å². The molecule has 0 aromatic carbocycles. The fourth-order valence-corrected chi connectivity index (χ4v) is 1.59. The zero-order valence-electron chi connectivity index (χ0n) is 9.69. The van der Waals surface area contributed by atoms with E-state index in [1.54, 1.807) is 18.0 Å². The molecular formula is C10H18N4OS. The fourth-order valence-electron chi connectivity index (χ4n) is 1.28. The summed E-state index contributed by atoms with van der Waals surface area (Å²) >= 11 is 1.71. The molecule has 1 aromatic rings. The van der Waals surface area contributed by atoms with E-state index < -0.39 is 0 Å². The number of thioether (sulfide) groups is 1. The number of urea groups is 1. The van der Waals surface area contributed by atoms with Gasteiger partial charge in [0.1, 0.15) is 5.82 Å². The van der Waals surface area contributed by atoms with Crippen LogP contribution in [0.2, 0.25) is 0 Å². The van der Waals surface area contributed by atoms with Crippen LogP contribution in [0.15, 0.2) is 12.4 Å². The first kappa shape index (κ1) is 12.9. The third-order valence-electron chi connectivity index (χ3n) is 2.14. The number of carbonyl (C=O) groups is 1. The van der Waals surface area contributed by atoms with Gasteiger partial charge in [-0.15, -0.1) is 0 Å². The lowest BCUT2D eigenvalue weighted by atomic mass is 10.5. The summed E-state index contributed by atoms with van der Waals surface area (Å²) in [6.45, 7) is 4.07. The number of aryl methyl sites for hydroxylation is 1. The molecule has 0 aliphatic rings. The predicted molar refractivity (Wildman–Crippen MR) is 66.5 cm³/mol. The summed E-state index contributed by atoms with van der Waals surface area (Å²) in [5.74, 6) is 1.80. The Kier molecular flexibility index (Phi) is 5.77. The molecule has 2 N–H and O–H groups in total. The molecule has 1 rings (SSSR count). The molecule has 6 heteroatoms. The lowest BCUT2D eigenvalue weighted by molar-refractivity contribution is 0.240. The van der Waals surface area contributed by atoms with Crippen molar-refractivity contribution >= 4 is 17.8 Å². The minimum atomic E-state index is -0.139. The van der Waals surface area contributed by atoms with Gasteiger partial charge in [-0.1, -0.05) is 0 Å². The Morgan fingerprint density at radius 2 is 2.38 bits per heavy atom. The molecule has 0 spiro atoms. The van der Waals surface area contributed by atoms with Gasteiger partial charge >= 0.3 is 6.03 Å².